The highest BCUT2D eigenvalue weighted by molar-refractivity contribution is 6.07. The maximum absolute atomic E-state index is 12.5. The van der Waals surface area contributed by atoms with E-state index in [4.69, 9.17) is 10.9 Å². The molecule has 1 fully saturated rings. The molecule has 1 saturated carbocycles. The molecule has 0 aromatic heterocycles. The van der Waals surface area contributed by atoms with E-state index in [0.29, 0.717) is 18.8 Å². The molecule has 0 heterocycles. The largest absolute Gasteiger partial charge is 0.409 e. The second kappa shape index (κ2) is 5.53. The standard InChI is InChI=1S/C15H21N3O2/c1-10-8-15(9-10,13(16)18-20)14(19)17-11(2)12-6-4-3-5-7-12/h3-7,10-11,20H,8-9H2,1-2H3,(H2,16,18)(H,17,19). The second-order valence-corrected chi connectivity index (χ2v) is 5.69. The summed E-state index contributed by atoms with van der Waals surface area (Å²) in [5.41, 5.74) is 5.91. The first kappa shape index (κ1) is 14.4. The number of carbonyl (C=O) groups excluding carboxylic acids is 1. The number of amidine groups is 1. The summed E-state index contributed by atoms with van der Waals surface area (Å²) >= 11 is 0. The molecule has 1 amide bonds. The first-order chi connectivity index (χ1) is 9.49. The zero-order valence-corrected chi connectivity index (χ0v) is 11.8. The minimum Gasteiger partial charge on any atom is -0.409 e. The van der Waals surface area contributed by atoms with E-state index in [9.17, 15) is 4.79 Å². The summed E-state index contributed by atoms with van der Waals surface area (Å²) in [6.45, 7) is 3.98. The lowest BCUT2D eigenvalue weighted by Gasteiger charge is -2.44. The molecule has 1 aromatic carbocycles. The van der Waals surface area contributed by atoms with Crippen LogP contribution in [0, 0.1) is 11.3 Å². The fourth-order valence-corrected chi connectivity index (χ4v) is 2.90. The average molecular weight is 275 g/mol. The summed E-state index contributed by atoms with van der Waals surface area (Å²) in [5, 5.41) is 14.9. The number of hydrogen-bond donors (Lipinski definition) is 3. The van der Waals surface area contributed by atoms with Crippen molar-refractivity contribution in [1.29, 1.82) is 0 Å². The fraction of sp³-hybridized carbons (Fsp3) is 0.467. The highest BCUT2D eigenvalue weighted by Gasteiger charge is 2.52. The Morgan fingerprint density at radius 1 is 1.45 bits per heavy atom. The van der Waals surface area contributed by atoms with Crippen LogP contribution in [0.4, 0.5) is 0 Å². The van der Waals surface area contributed by atoms with E-state index in [1.807, 2.05) is 37.3 Å². The SMILES string of the molecule is CC1CC(C(=O)NC(C)c2ccccc2)(/C(N)=N/O)C1. The molecule has 4 N–H and O–H groups in total. The van der Waals surface area contributed by atoms with Gasteiger partial charge in [-0.05, 0) is 31.2 Å². The summed E-state index contributed by atoms with van der Waals surface area (Å²) in [4.78, 5) is 12.5. The van der Waals surface area contributed by atoms with Crippen molar-refractivity contribution in [3.05, 3.63) is 35.9 Å². The maximum Gasteiger partial charge on any atom is 0.234 e. The van der Waals surface area contributed by atoms with Crippen molar-refractivity contribution < 1.29 is 10.0 Å². The van der Waals surface area contributed by atoms with E-state index in [1.54, 1.807) is 0 Å². The Bertz CT molecular complexity index is 507. The molecule has 108 valence electrons. The number of rotatable bonds is 4. The summed E-state index contributed by atoms with van der Waals surface area (Å²) in [5.74, 6) is 0.253. The van der Waals surface area contributed by atoms with Gasteiger partial charge in [-0.1, -0.05) is 42.4 Å². The van der Waals surface area contributed by atoms with E-state index in [0.717, 1.165) is 5.56 Å². The highest BCUT2D eigenvalue weighted by Crippen LogP contribution is 2.46. The van der Waals surface area contributed by atoms with Crippen LogP contribution in [0.15, 0.2) is 35.5 Å². The number of benzene rings is 1. The number of nitrogens with zero attached hydrogens (tertiary/aromatic N) is 1. The molecule has 20 heavy (non-hydrogen) atoms. The van der Waals surface area contributed by atoms with Crippen molar-refractivity contribution in [1.82, 2.24) is 5.32 Å². The van der Waals surface area contributed by atoms with Crippen LogP contribution >= 0.6 is 0 Å². The van der Waals surface area contributed by atoms with Gasteiger partial charge in [0.25, 0.3) is 0 Å². The van der Waals surface area contributed by atoms with Gasteiger partial charge in [-0.15, -0.1) is 0 Å². The molecular weight excluding hydrogens is 254 g/mol. The molecule has 0 bridgehead atoms. The van der Waals surface area contributed by atoms with Gasteiger partial charge in [0, 0.05) is 0 Å². The lowest BCUT2D eigenvalue weighted by molar-refractivity contribution is -0.133. The zero-order chi connectivity index (χ0) is 14.8. The molecule has 1 aliphatic rings. The van der Waals surface area contributed by atoms with Gasteiger partial charge in [0.15, 0.2) is 5.84 Å². The van der Waals surface area contributed by atoms with Gasteiger partial charge in [0.05, 0.1) is 6.04 Å². The summed E-state index contributed by atoms with van der Waals surface area (Å²) in [7, 11) is 0. The summed E-state index contributed by atoms with van der Waals surface area (Å²) < 4.78 is 0. The molecule has 0 aliphatic heterocycles. The van der Waals surface area contributed by atoms with E-state index in [2.05, 4.69) is 17.4 Å². The summed E-state index contributed by atoms with van der Waals surface area (Å²) in [6.07, 6.45) is 1.24. The van der Waals surface area contributed by atoms with Gasteiger partial charge in [-0.3, -0.25) is 4.79 Å². The third kappa shape index (κ3) is 2.48. The van der Waals surface area contributed by atoms with Crippen LogP contribution in [0.25, 0.3) is 0 Å². The molecule has 1 aliphatic carbocycles. The quantitative estimate of drug-likeness (QED) is 0.340. The van der Waals surface area contributed by atoms with E-state index >= 15 is 0 Å². The van der Waals surface area contributed by atoms with Crippen LogP contribution in [0.5, 0.6) is 0 Å². The Morgan fingerprint density at radius 2 is 2.05 bits per heavy atom. The number of nitrogens with two attached hydrogens (primary N) is 1. The Balaban J connectivity index is 2.11. The predicted octanol–water partition coefficient (Wildman–Crippen LogP) is 2.03. The third-order valence-corrected chi connectivity index (χ3v) is 4.07. The monoisotopic (exact) mass is 275 g/mol. The number of hydrogen-bond acceptors (Lipinski definition) is 3. The topological polar surface area (TPSA) is 87.7 Å². The Kier molecular flexibility index (Phi) is 3.97. The third-order valence-electron chi connectivity index (χ3n) is 4.07. The zero-order valence-electron chi connectivity index (χ0n) is 11.8. The normalized spacial score (nSPS) is 27.5. The molecule has 5 heteroatoms. The minimum absolute atomic E-state index is 0.00774. The summed E-state index contributed by atoms with van der Waals surface area (Å²) in [6, 6.07) is 9.62. The molecule has 1 aromatic rings. The first-order valence-corrected chi connectivity index (χ1v) is 6.83. The van der Waals surface area contributed by atoms with Crippen molar-refractivity contribution in [3.8, 4) is 0 Å². The number of carbonyl (C=O) groups is 1. The molecular formula is C15H21N3O2. The Labute approximate surface area is 118 Å². The first-order valence-electron chi connectivity index (χ1n) is 6.83. The molecule has 1 atom stereocenters. The van der Waals surface area contributed by atoms with Gasteiger partial charge >= 0.3 is 0 Å². The number of amides is 1. The highest BCUT2D eigenvalue weighted by atomic mass is 16.4. The molecule has 1 unspecified atom stereocenters. The van der Waals surface area contributed by atoms with E-state index in [-0.39, 0.29) is 17.8 Å². The number of nitrogens with one attached hydrogen (secondary N) is 1. The lowest BCUT2D eigenvalue weighted by atomic mass is 9.61. The average Bonchev–Trinajstić information content (AvgIpc) is 2.43. The van der Waals surface area contributed by atoms with Crippen molar-refractivity contribution >= 4 is 11.7 Å². The molecule has 2 rings (SSSR count). The Hall–Kier alpha value is -2.04. The van der Waals surface area contributed by atoms with Crippen molar-refractivity contribution in [3.63, 3.8) is 0 Å². The lowest BCUT2D eigenvalue weighted by Crippen LogP contribution is -2.57. The van der Waals surface area contributed by atoms with E-state index in [1.165, 1.54) is 0 Å². The molecule has 0 saturated heterocycles. The Morgan fingerprint density at radius 3 is 2.55 bits per heavy atom. The minimum atomic E-state index is -0.850. The maximum atomic E-state index is 12.5. The second-order valence-electron chi connectivity index (χ2n) is 5.69. The van der Waals surface area contributed by atoms with Crippen LogP contribution in [0.3, 0.4) is 0 Å². The smallest absolute Gasteiger partial charge is 0.234 e. The molecule has 0 radical (unpaired) electrons. The van der Waals surface area contributed by atoms with E-state index < -0.39 is 5.41 Å². The molecule has 5 nitrogen and oxygen atoms in total. The molecule has 0 spiro atoms. The van der Waals surface area contributed by atoms with Crippen molar-refractivity contribution in [2.24, 2.45) is 22.2 Å². The van der Waals surface area contributed by atoms with Crippen molar-refractivity contribution in [2.45, 2.75) is 32.7 Å². The van der Waals surface area contributed by atoms with Crippen LogP contribution in [-0.2, 0) is 4.79 Å². The van der Waals surface area contributed by atoms with Gasteiger partial charge in [0.1, 0.15) is 5.41 Å². The predicted molar refractivity (Wildman–Crippen MR) is 77.2 cm³/mol. The van der Waals surface area contributed by atoms with Gasteiger partial charge < -0.3 is 16.3 Å². The van der Waals surface area contributed by atoms with Gasteiger partial charge in [-0.25, -0.2) is 0 Å². The van der Waals surface area contributed by atoms with Crippen LogP contribution < -0.4 is 11.1 Å². The number of oxime groups is 1. The van der Waals surface area contributed by atoms with Crippen LogP contribution in [0.2, 0.25) is 0 Å². The van der Waals surface area contributed by atoms with Crippen LogP contribution in [-0.4, -0.2) is 17.0 Å². The van der Waals surface area contributed by atoms with Crippen LogP contribution in [0.1, 0.15) is 38.3 Å². The fourth-order valence-electron chi connectivity index (χ4n) is 2.90. The van der Waals surface area contributed by atoms with Crippen molar-refractivity contribution in [2.75, 3.05) is 0 Å². The van der Waals surface area contributed by atoms with Gasteiger partial charge in [0.2, 0.25) is 5.91 Å². The van der Waals surface area contributed by atoms with Gasteiger partial charge in [-0.2, -0.15) is 0 Å².